The second-order valence-corrected chi connectivity index (χ2v) is 6.84. The number of amides is 2. The zero-order valence-corrected chi connectivity index (χ0v) is 16.5. The number of hydroxylamine groups is 1. The molecule has 1 aromatic carbocycles. The summed E-state index contributed by atoms with van der Waals surface area (Å²) in [6.45, 7) is 0. The lowest BCUT2D eigenvalue weighted by Crippen LogP contribution is -2.61. The molecule has 31 heavy (non-hydrogen) atoms. The van der Waals surface area contributed by atoms with E-state index < -0.39 is 78.7 Å². The molecule has 0 aromatic heterocycles. The number of para-hydroxylation sites is 1. The summed E-state index contributed by atoms with van der Waals surface area (Å²) in [6, 6.07) is -2.65. The van der Waals surface area contributed by atoms with E-state index >= 15 is 0 Å². The zero-order valence-electron chi connectivity index (χ0n) is 21.5. The molecule has 1 aromatic rings. The van der Waals surface area contributed by atoms with Gasteiger partial charge in [0.25, 0.3) is 0 Å². The second-order valence-electron chi connectivity index (χ2n) is 6.84. The van der Waals surface area contributed by atoms with Crippen molar-refractivity contribution in [3.63, 3.8) is 0 Å². The molecule has 0 aliphatic carbocycles. The number of carbonyl (C=O) groups excluding carboxylic acids is 2. The minimum atomic E-state index is -1.88. The minimum Gasteiger partial charge on any atom is -0.479 e. The lowest BCUT2D eigenvalue weighted by Gasteiger charge is -2.37. The molecule has 1 fully saturated rings. The van der Waals surface area contributed by atoms with Crippen LogP contribution in [0.5, 0.6) is 0 Å². The van der Waals surface area contributed by atoms with Gasteiger partial charge in [0, 0.05) is 18.5 Å². The van der Waals surface area contributed by atoms with Crippen LogP contribution in [-0.4, -0.2) is 68.9 Å². The van der Waals surface area contributed by atoms with E-state index in [0.717, 1.165) is 0 Å². The van der Waals surface area contributed by atoms with E-state index in [9.17, 15) is 29.7 Å². The average molecular weight is 445 g/mol. The van der Waals surface area contributed by atoms with E-state index in [4.69, 9.17) is 21.5 Å². The standard InChI is InChI=1S/C20H28N2O9/c23-13(21-12-8-4-3-5-9-12)10-6-1-2-7-11-14(24)22-31-20-17(27)15(25)16(26)18(30-20)19(28)29/h3-5,8-9,15-18,20,25-27H,1-2,6-7,10-11H2,(H,21,23)(H,22,24)(H,28,29)/t15-,16-,17+,18-,20-/m0/s1/i3D,4D,5D,8D,9D. The Labute approximate surface area is 186 Å². The number of unbranched alkanes of at least 4 members (excludes halogenated alkanes) is 3. The van der Waals surface area contributed by atoms with E-state index in [1.54, 1.807) is 0 Å². The van der Waals surface area contributed by atoms with Crippen LogP contribution in [0.15, 0.2) is 30.2 Å². The number of aliphatic hydroxyl groups is 3. The maximum atomic E-state index is 12.1. The van der Waals surface area contributed by atoms with Crippen LogP contribution in [0, 0.1) is 0 Å². The molecule has 0 spiro atoms. The number of hydrogen-bond donors (Lipinski definition) is 6. The highest BCUT2D eigenvalue weighted by molar-refractivity contribution is 5.90. The van der Waals surface area contributed by atoms with Gasteiger partial charge in [-0.3, -0.25) is 9.59 Å². The van der Waals surface area contributed by atoms with E-state index in [-0.39, 0.29) is 18.5 Å². The van der Waals surface area contributed by atoms with Gasteiger partial charge in [0.05, 0.1) is 6.85 Å². The Morgan fingerprint density at radius 2 is 1.55 bits per heavy atom. The molecule has 0 bridgehead atoms. The summed E-state index contributed by atoms with van der Waals surface area (Å²) >= 11 is 0. The summed E-state index contributed by atoms with van der Waals surface area (Å²) in [7, 11) is 0. The lowest BCUT2D eigenvalue weighted by molar-refractivity contribution is -0.306. The zero-order chi connectivity index (χ0) is 27.2. The van der Waals surface area contributed by atoms with Gasteiger partial charge < -0.3 is 30.5 Å². The van der Waals surface area contributed by atoms with E-state index in [2.05, 4.69) is 5.32 Å². The minimum absolute atomic E-state index is 0.00895. The highest BCUT2D eigenvalue weighted by Crippen LogP contribution is 2.21. The van der Waals surface area contributed by atoms with Crippen molar-refractivity contribution in [3.8, 4) is 0 Å². The first-order valence-electron chi connectivity index (χ1n) is 12.1. The van der Waals surface area contributed by atoms with Crippen LogP contribution in [0.4, 0.5) is 5.69 Å². The quantitative estimate of drug-likeness (QED) is 0.201. The van der Waals surface area contributed by atoms with Crippen molar-refractivity contribution in [3.05, 3.63) is 30.2 Å². The molecule has 5 atom stereocenters. The molecule has 2 rings (SSSR count). The number of carbonyl (C=O) groups is 3. The maximum absolute atomic E-state index is 12.1. The number of ether oxygens (including phenoxy) is 1. The molecule has 1 aliphatic heterocycles. The van der Waals surface area contributed by atoms with E-state index in [1.807, 2.05) is 5.48 Å². The van der Waals surface area contributed by atoms with Crippen molar-refractivity contribution in [2.24, 2.45) is 0 Å². The molecule has 11 heteroatoms. The summed E-state index contributed by atoms with van der Waals surface area (Å²) in [5.41, 5.74) is 1.70. The highest BCUT2D eigenvalue weighted by Gasteiger charge is 2.47. The van der Waals surface area contributed by atoms with Crippen molar-refractivity contribution in [2.75, 3.05) is 5.32 Å². The lowest BCUT2D eigenvalue weighted by atomic mass is 9.99. The molecule has 11 nitrogen and oxygen atoms in total. The summed E-state index contributed by atoms with van der Waals surface area (Å²) < 4.78 is 43.2. The van der Waals surface area contributed by atoms with Gasteiger partial charge in [-0.2, -0.15) is 0 Å². The Kier molecular flexibility index (Phi) is 7.17. The molecule has 0 unspecified atom stereocenters. The van der Waals surface area contributed by atoms with Crippen LogP contribution in [-0.2, 0) is 24.0 Å². The average Bonchev–Trinajstić information content (AvgIpc) is 2.84. The van der Waals surface area contributed by atoms with Gasteiger partial charge in [-0.25, -0.2) is 15.1 Å². The number of benzene rings is 1. The number of carboxylic acids is 1. The Hall–Kier alpha value is -2.57. The molecular weight excluding hydrogens is 412 g/mol. The number of hydrogen-bond acceptors (Lipinski definition) is 8. The van der Waals surface area contributed by atoms with Crippen molar-refractivity contribution in [2.45, 2.75) is 69.2 Å². The van der Waals surface area contributed by atoms with Crippen molar-refractivity contribution < 1.29 is 51.2 Å². The summed E-state index contributed by atoms with van der Waals surface area (Å²) in [5.74, 6) is -2.72. The SMILES string of the molecule is [2H]c1c([2H])c([2H])c(NC(=O)CCCCCCC(=O)NO[C@@H]2O[C@H](C(=O)O)[C@@H](O)[C@H](O)[C@H]2O)c([2H])c1[2H]. The second kappa shape index (κ2) is 12.3. The number of nitrogens with one attached hydrogen (secondary N) is 2. The van der Waals surface area contributed by atoms with Crippen LogP contribution in [0.25, 0.3) is 0 Å². The molecule has 0 saturated carbocycles. The van der Waals surface area contributed by atoms with E-state index in [0.29, 0.717) is 25.7 Å². The summed E-state index contributed by atoms with van der Waals surface area (Å²) in [6.07, 6.45) is -7.18. The molecular formula is C20H28N2O9. The number of carboxylic acid groups (broad SMARTS) is 1. The first-order valence-corrected chi connectivity index (χ1v) is 9.60. The third-order valence-electron chi connectivity index (χ3n) is 4.42. The topological polar surface area (TPSA) is 175 Å². The molecule has 172 valence electrons. The van der Waals surface area contributed by atoms with Crippen LogP contribution in [0.2, 0.25) is 0 Å². The number of anilines is 1. The number of aliphatic hydroxyl groups excluding tert-OH is 3. The fraction of sp³-hybridized carbons (Fsp3) is 0.550. The smallest absolute Gasteiger partial charge is 0.335 e. The third-order valence-corrected chi connectivity index (χ3v) is 4.42. The molecule has 6 N–H and O–H groups in total. The molecule has 2 amide bonds. The Morgan fingerprint density at radius 3 is 2.16 bits per heavy atom. The van der Waals surface area contributed by atoms with Gasteiger partial charge >= 0.3 is 5.97 Å². The largest absolute Gasteiger partial charge is 0.479 e. The third kappa shape index (κ3) is 7.89. The normalized spacial score (nSPS) is 27.8. The summed E-state index contributed by atoms with van der Waals surface area (Å²) in [5, 5.41) is 40.4. The number of aliphatic carboxylic acids is 1. The fourth-order valence-corrected chi connectivity index (χ4v) is 2.76. The van der Waals surface area contributed by atoms with Gasteiger partial charge in [0.2, 0.25) is 18.1 Å². The molecule has 0 radical (unpaired) electrons. The Bertz CT molecular complexity index is 954. The first kappa shape index (κ1) is 18.0. The Balaban J connectivity index is 1.67. The van der Waals surface area contributed by atoms with Gasteiger partial charge in [-0.15, -0.1) is 0 Å². The predicted molar refractivity (Wildman–Crippen MR) is 106 cm³/mol. The van der Waals surface area contributed by atoms with Crippen LogP contribution in [0.1, 0.15) is 45.4 Å². The van der Waals surface area contributed by atoms with Crippen LogP contribution in [0.3, 0.4) is 0 Å². The molecule has 1 aliphatic rings. The van der Waals surface area contributed by atoms with Gasteiger partial charge in [0.15, 0.2) is 6.10 Å². The monoisotopic (exact) mass is 445 g/mol. The van der Waals surface area contributed by atoms with Gasteiger partial charge in [-0.05, 0) is 24.9 Å². The van der Waals surface area contributed by atoms with E-state index in [1.165, 1.54) is 0 Å². The molecule has 1 heterocycles. The van der Waals surface area contributed by atoms with Gasteiger partial charge in [-0.1, -0.05) is 31.0 Å². The van der Waals surface area contributed by atoms with Crippen molar-refractivity contribution in [1.82, 2.24) is 5.48 Å². The summed E-state index contributed by atoms with van der Waals surface area (Å²) in [4.78, 5) is 39.9. The highest BCUT2D eigenvalue weighted by atomic mass is 16.8. The van der Waals surface area contributed by atoms with Crippen LogP contribution >= 0.6 is 0 Å². The van der Waals surface area contributed by atoms with Gasteiger partial charge in [0.1, 0.15) is 18.3 Å². The van der Waals surface area contributed by atoms with Crippen LogP contribution < -0.4 is 10.8 Å². The van der Waals surface area contributed by atoms with Crippen molar-refractivity contribution >= 4 is 23.5 Å². The maximum Gasteiger partial charge on any atom is 0.335 e. The number of rotatable bonds is 11. The molecule has 1 saturated heterocycles. The Morgan fingerprint density at radius 1 is 0.935 bits per heavy atom. The predicted octanol–water partition coefficient (Wildman–Crippen LogP) is -0.0943. The first-order chi connectivity index (χ1) is 16.9. The fourth-order valence-electron chi connectivity index (χ4n) is 2.76. The van der Waals surface area contributed by atoms with Crippen molar-refractivity contribution in [1.29, 1.82) is 0 Å².